The van der Waals surface area contributed by atoms with Crippen molar-refractivity contribution >= 4 is 5.69 Å². The monoisotopic (exact) mass is 281 g/mol. The molecule has 5 nitrogen and oxygen atoms in total. The Balaban J connectivity index is 1.89. The van der Waals surface area contributed by atoms with Crippen LogP contribution >= 0.6 is 0 Å². The molecule has 3 aromatic rings. The largest absolute Gasteiger partial charge is 0.396 e. The molecule has 2 heterocycles. The molecule has 0 fully saturated rings. The van der Waals surface area contributed by atoms with Crippen molar-refractivity contribution in [2.24, 2.45) is 0 Å². The average molecular weight is 281 g/mol. The minimum absolute atomic E-state index is 0.680. The Kier molecular flexibility index (Phi) is 3.48. The number of hydrogen-bond donors (Lipinski definition) is 1. The minimum Gasteiger partial charge on any atom is -0.396 e. The van der Waals surface area contributed by atoms with E-state index in [1.165, 1.54) is 11.1 Å². The third-order valence-corrected chi connectivity index (χ3v) is 3.61. The van der Waals surface area contributed by atoms with Crippen molar-refractivity contribution in [3.63, 3.8) is 0 Å². The van der Waals surface area contributed by atoms with E-state index in [1.54, 1.807) is 6.20 Å². The lowest BCUT2D eigenvalue weighted by molar-refractivity contribution is 0.660. The summed E-state index contributed by atoms with van der Waals surface area (Å²) in [4.78, 5) is 0. The van der Waals surface area contributed by atoms with E-state index in [0.29, 0.717) is 5.69 Å². The maximum Gasteiger partial charge on any atom is 0.118 e. The first-order valence-electron chi connectivity index (χ1n) is 7.07. The van der Waals surface area contributed by atoms with Crippen LogP contribution in [0, 0.1) is 6.92 Å². The van der Waals surface area contributed by atoms with Gasteiger partial charge in [-0.1, -0.05) is 24.3 Å². The van der Waals surface area contributed by atoms with Gasteiger partial charge >= 0.3 is 0 Å². The van der Waals surface area contributed by atoms with Crippen molar-refractivity contribution < 1.29 is 0 Å². The fourth-order valence-corrected chi connectivity index (χ4v) is 2.36. The zero-order valence-electron chi connectivity index (χ0n) is 12.3. The van der Waals surface area contributed by atoms with Crippen LogP contribution in [0.25, 0.3) is 11.3 Å². The Bertz CT molecular complexity index is 754. The van der Waals surface area contributed by atoms with Gasteiger partial charge in [-0.25, -0.2) is 0 Å². The first kappa shape index (κ1) is 13.4. The van der Waals surface area contributed by atoms with Gasteiger partial charge < -0.3 is 5.73 Å². The highest BCUT2D eigenvalue weighted by molar-refractivity contribution is 5.70. The van der Waals surface area contributed by atoms with Crippen LogP contribution in [0.4, 0.5) is 5.69 Å². The first-order chi connectivity index (χ1) is 10.2. The standard InChI is InChI=1S/C16H19N5/c1-3-20-10-14(8-18-20)16-15(17)11-21(19-16)9-13-7-5-4-6-12(13)2/h4-8,10-11H,3,9,17H2,1-2H3. The maximum absolute atomic E-state index is 6.10. The van der Waals surface area contributed by atoms with Crippen molar-refractivity contribution in [3.05, 3.63) is 54.0 Å². The van der Waals surface area contributed by atoms with Gasteiger partial charge in [0.15, 0.2) is 0 Å². The molecule has 1 aromatic carbocycles. The lowest BCUT2D eigenvalue weighted by atomic mass is 10.1. The van der Waals surface area contributed by atoms with Crippen LogP contribution in [0.2, 0.25) is 0 Å². The van der Waals surface area contributed by atoms with Gasteiger partial charge in [0.25, 0.3) is 0 Å². The fourth-order valence-electron chi connectivity index (χ4n) is 2.36. The summed E-state index contributed by atoms with van der Waals surface area (Å²) in [6, 6.07) is 8.30. The molecule has 3 rings (SSSR count). The maximum atomic E-state index is 6.10. The summed E-state index contributed by atoms with van der Waals surface area (Å²) >= 11 is 0. The van der Waals surface area contributed by atoms with Crippen LogP contribution in [-0.4, -0.2) is 19.6 Å². The molecule has 0 aliphatic rings. The predicted molar refractivity (Wildman–Crippen MR) is 83.8 cm³/mol. The molecule has 21 heavy (non-hydrogen) atoms. The SMILES string of the molecule is CCn1cc(-c2nn(Cc3ccccc3C)cc2N)cn1. The van der Waals surface area contributed by atoms with E-state index in [2.05, 4.69) is 36.2 Å². The Labute approximate surface area is 124 Å². The molecule has 108 valence electrons. The molecule has 0 bridgehead atoms. The number of nitrogen functional groups attached to an aromatic ring is 1. The molecule has 0 atom stereocenters. The Morgan fingerprint density at radius 3 is 2.67 bits per heavy atom. The number of nitrogens with two attached hydrogens (primary N) is 1. The molecule has 0 radical (unpaired) electrons. The highest BCUT2D eigenvalue weighted by Gasteiger charge is 2.11. The van der Waals surface area contributed by atoms with Crippen LogP contribution in [0.5, 0.6) is 0 Å². The van der Waals surface area contributed by atoms with E-state index < -0.39 is 0 Å². The van der Waals surface area contributed by atoms with Gasteiger partial charge in [0, 0.05) is 24.5 Å². The van der Waals surface area contributed by atoms with E-state index in [9.17, 15) is 0 Å². The summed E-state index contributed by atoms with van der Waals surface area (Å²) in [5, 5.41) is 8.87. The molecule has 5 heteroatoms. The summed E-state index contributed by atoms with van der Waals surface area (Å²) < 4.78 is 3.76. The van der Waals surface area contributed by atoms with Crippen LogP contribution in [0.3, 0.4) is 0 Å². The Morgan fingerprint density at radius 2 is 1.95 bits per heavy atom. The van der Waals surface area contributed by atoms with Gasteiger partial charge in [0.2, 0.25) is 0 Å². The molecule has 0 amide bonds. The fraction of sp³-hybridized carbons (Fsp3) is 0.250. The number of nitrogens with zero attached hydrogens (tertiary/aromatic N) is 4. The summed E-state index contributed by atoms with van der Waals surface area (Å²) in [6.07, 6.45) is 5.65. The second-order valence-electron chi connectivity index (χ2n) is 5.14. The quantitative estimate of drug-likeness (QED) is 0.799. The molecule has 0 spiro atoms. The van der Waals surface area contributed by atoms with E-state index >= 15 is 0 Å². The smallest absolute Gasteiger partial charge is 0.118 e. The van der Waals surface area contributed by atoms with Gasteiger partial charge in [-0.2, -0.15) is 10.2 Å². The molecule has 0 unspecified atom stereocenters. The molecular weight excluding hydrogens is 262 g/mol. The van der Waals surface area contributed by atoms with E-state index in [-0.39, 0.29) is 0 Å². The van der Waals surface area contributed by atoms with Crippen LogP contribution in [-0.2, 0) is 13.1 Å². The van der Waals surface area contributed by atoms with Gasteiger partial charge in [-0.15, -0.1) is 0 Å². The van der Waals surface area contributed by atoms with Crippen LogP contribution in [0.1, 0.15) is 18.1 Å². The summed E-state index contributed by atoms with van der Waals surface area (Å²) in [5.41, 5.74) is 11.0. The van der Waals surface area contributed by atoms with E-state index in [4.69, 9.17) is 5.73 Å². The molecule has 2 aromatic heterocycles. The summed E-state index contributed by atoms with van der Waals surface area (Å²) in [6.45, 7) is 5.72. The number of hydrogen-bond acceptors (Lipinski definition) is 3. The van der Waals surface area contributed by atoms with Gasteiger partial charge in [0.05, 0.1) is 18.4 Å². The minimum atomic E-state index is 0.680. The highest BCUT2D eigenvalue weighted by Crippen LogP contribution is 2.24. The third kappa shape index (κ3) is 2.67. The zero-order chi connectivity index (χ0) is 14.8. The molecule has 0 aliphatic carbocycles. The van der Waals surface area contributed by atoms with Crippen LogP contribution in [0.15, 0.2) is 42.9 Å². The number of rotatable bonds is 4. The third-order valence-electron chi connectivity index (χ3n) is 3.61. The number of aryl methyl sites for hydroxylation is 2. The Morgan fingerprint density at radius 1 is 1.14 bits per heavy atom. The first-order valence-corrected chi connectivity index (χ1v) is 7.07. The molecule has 2 N–H and O–H groups in total. The normalized spacial score (nSPS) is 11.0. The Hall–Kier alpha value is -2.56. The van der Waals surface area contributed by atoms with Crippen molar-refractivity contribution in [2.75, 3.05) is 5.73 Å². The van der Waals surface area contributed by atoms with E-state index in [0.717, 1.165) is 24.3 Å². The highest BCUT2D eigenvalue weighted by atomic mass is 15.3. The average Bonchev–Trinajstić information content (AvgIpc) is 3.08. The number of benzene rings is 1. The van der Waals surface area contributed by atoms with Crippen LogP contribution < -0.4 is 5.73 Å². The van der Waals surface area contributed by atoms with Crippen molar-refractivity contribution in [2.45, 2.75) is 26.9 Å². The zero-order valence-corrected chi connectivity index (χ0v) is 12.3. The predicted octanol–water partition coefficient (Wildman–Crippen LogP) is 2.71. The second-order valence-corrected chi connectivity index (χ2v) is 5.14. The topological polar surface area (TPSA) is 61.7 Å². The lowest BCUT2D eigenvalue weighted by Crippen LogP contribution is -2.02. The molecular formula is C16H19N5. The molecule has 0 saturated heterocycles. The molecule has 0 saturated carbocycles. The van der Waals surface area contributed by atoms with Gasteiger partial charge in [0.1, 0.15) is 5.69 Å². The number of anilines is 1. The van der Waals surface area contributed by atoms with Gasteiger partial charge in [-0.05, 0) is 25.0 Å². The van der Waals surface area contributed by atoms with Crippen molar-refractivity contribution in [1.29, 1.82) is 0 Å². The summed E-state index contributed by atoms with van der Waals surface area (Å²) in [7, 11) is 0. The molecule has 0 aliphatic heterocycles. The summed E-state index contributed by atoms with van der Waals surface area (Å²) in [5.74, 6) is 0. The lowest BCUT2D eigenvalue weighted by Gasteiger charge is -2.05. The van der Waals surface area contributed by atoms with Crippen molar-refractivity contribution in [1.82, 2.24) is 19.6 Å². The number of aromatic nitrogens is 4. The second kappa shape index (κ2) is 5.44. The van der Waals surface area contributed by atoms with E-state index in [1.807, 2.05) is 33.9 Å². The van der Waals surface area contributed by atoms with Gasteiger partial charge in [-0.3, -0.25) is 9.36 Å². The van der Waals surface area contributed by atoms with Crippen molar-refractivity contribution in [3.8, 4) is 11.3 Å².